The van der Waals surface area contributed by atoms with Crippen molar-refractivity contribution in [1.29, 1.82) is 0 Å². The van der Waals surface area contributed by atoms with Crippen molar-refractivity contribution in [1.82, 2.24) is 5.32 Å². The number of nitrogens with zero attached hydrogens (tertiary/aromatic N) is 1. The van der Waals surface area contributed by atoms with Crippen LogP contribution in [0.1, 0.15) is 18.1 Å². The highest BCUT2D eigenvalue weighted by molar-refractivity contribution is 5.54. The summed E-state index contributed by atoms with van der Waals surface area (Å²) >= 11 is 0. The van der Waals surface area contributed by atoms with Gasteiger partial charge in [-0.2, -0.15) is 0 Å². The normalized spacial score (nSPS) is 12.6. The van der Waals surface area contributed by atoms with Crippen molar-refractivity contribution in [3.63, 3.8) is 0 Å². The molecule has 0 spiro atoms. The first-order chi connectivity index (χ1) is 7.54. The largest absolute Gasteiger partial charge is 0.392 e. The van der Waals surface area contributed by atoms with E-state index in [9.17, 15) is 5.11 Å². The number of aryl methyl sites for hydroxylation is 1. The second kappa shape index (κ2) is 5.87. The second-order valence-electron chi connectivity index (χ2n) is 4.38. The Morgan fingerprint density at radius 2 is 2.12 bits per heavy atom. The van der Waals surface area contributed by atoms with E-state index in [1.54, 1.807) is 6.92 Å². The van der Waals surface area contributed by atoms with Crippen molar-refractivity contribution >= 4 is 5.69 Å². The molecule has 0 aliphatic carbocycles. The minimum atomic E-state index is -0.304. The third-order valence-electron chi connectivity index (χ3n) is 2.59. The van der Waals surface area contributed by atoms with E-state index in [1.807, 2.05) is 14.1 Å². The van der Waals surface area contributed by atoms with Crippen molar-refractivity contribution in [2.45, 2.75) is 26.5 Å². The molecule has 1 unspecified atom stereocenters. The van der Waals surface area contributed by atoms with Crippen LogP contribution in [0.25, 0.3) is 0 Å². The first-order valence-electron chi connectivity index (χ1n) is 5.68. The number of likely N-dealkylation sites (N-methyl/N-ethyl adjacent to an activating group) is 1. The monoisotopic (exact) mass is 222 g/mol. The van der Waals surface area contributed by atoms with E-state index < -0.39 is 0 Å². The van der Waals surface area contributed by atoms with Crippen LogP contribution in [-0.4, -0.2) is 31.9 Å². The predicted octanol–water partition coefficient (Wildman–Crippen LogP) is 1.53. The summed E-state index contributed by atoms with van der Waals surface area (Å²) in [7, 11) is 3.95. The zero-order valence-electron chi connectivity index (χ0n) is 10.6. The number of benzene rings is 1. The van der Waals surface area contributed by atoms with Gasteiger partial charge in [0.15, 0.2) is 0 Å². The minimum absolute atomic E-state index is 0.304. The lowest BCUT2D eigenvalue weighted by atomic mass is 10.1. The number of aliphatic hydroxyl groups is 1. The highest BCUT2D eigenvalue weighted by Gasteiger charge is 2.07. The van der Waals surface area contributed by atoms with Crippen LogP contribution in [0.2, 0.25) is 0 Å². The van der Waals surface area contributed by atoms with Crippen molar-refractivity contribution < 1.29 is 5.11 Å². The van der Waals surface area contributed by atoms with Gasteiger partial charge in [-0.1, -0.05) is 12.1 Å². The van der Waals surface area contributed by atoms with Gasteiger partial charge in [-0.15, -0.1) is 0 Å². The van der Waals surface area contributed by atoms with Crippen molar-refractivity contribution in [2.75, 3.05) is 25.5 Å². The molecule has 2 N–H and O–H groups in total. The molecule has 0 heterocycles. The van der Waals surface area contributed by atoms with Gasteiger partial charge in [0.1, 0.15) is 0 Å². The highest BCUT2D eigenvalue weighted by atomic mass is 16.3. The van der Waals surface area contributed by atoms with Gasteiger partial charge < -0.3 is 15.3 Å². The summed E-state index contributed by atoms with van der Waals surface area (Å²) in [5.41, 5.74) is 3.71. The third-order valence-corrected chi connectivity index (χ3v) is 2.59. The van der Waals surface area contributed by atoms with Crippen LogP contribution in [0.4, 0.5) is 5.69 Å². The van der Waals surface area contributed by atoms with Gasteiger partial charge in [-0.25, -0.2) is 0 Å². The number of hydrogen-bond donors (Lipinski definition) is 2. The maximum Gasteiger partial charge on any atom is 0.0686 e. The lowest BCUT2D eigenvalue weighted by Gasteiger charge is -2.23. The maximum atomic E-state index is 9.36. The molecule has 0 aromatic heterocycles. The van der Waals surface area contributed by atoms with Crippen LogP contribution in [0, 0.1) is 6.92 Å². The maximum absolute atomic E-state index is 9.36. The summed E-state index contributed by atoms with van der Waals surface area (Å²) in [5.74, 6) is 0. The summed E-state index contributed by atoms with van der Waals surface area (Å²) < 4.78 is 0. The Bertz CT molecular complexity index is 337. The van der Waals surface area contributed by atoms with Gasteiger partial charge in [0.25, 0.3) is 0 Å². The smallest absolute Gasteiger partial charge is 0.0686 e. The van der Waals surface area contributed by atoms with Crippen LogP contribution in [0.3, 0.4) is 0 Å². The summed E-state index contributed by atoms with van der Waals surface area (Å²) in [6, 6.07) is 6.42. The number of anilines is 1. The Hall–Kier alpha value is -1.06. The first-order valence-corrected chi connectivity index (χ1v) is 5.68. The van der Waals surface area contributed by atoms with E-state index >= 15 is 0 Å². The zero-order chi connectivity index (χ0) is 12.1. The summed E-state index contributed by atoms with van der Waals surface area (Å²) in [6.45, 7) is 5.46. The van der Waals surface area contributed by atoms with Gasteiger partial charge in [0.2, 0.25) is 0 Å². The quantitative estimate of drug-likeness (QED) is 0.793. The van der Waals surface area contributed by atoms with Gasteiger partial charge in [-0.3, -0.25) is 0 Å². The van der Waals surface area contributed by atoms with Gasteiger partial charge in [0, 0.05) is 25.8 Å². The molecule has 0 fully saturated rings. The second-order valence-corrected chi connectivity index (χ2v) is 4.38. The van der Waals surface area contributed by atoms with Crippen LogP contribution in [0.5, 0.6) is 0 Å². The molecule has 1 rings (SSSR count). The summed E-state index contributed by atoms with van der Waals surface area (Å²) in [4.78, 5) is 2.09. The average molecular weight is 222 g/mol. The van der Waals surface area contributed by atoms with Gasteiger partial charge in [0.05, 0.1) is 6.10 Å². The molecule has 0 radical (unpaired) electrons. The molecule has 0 aliphatic rings. The van der Waals surface area contributed by atoms with Gasteiger partial charge in [-0.05, 0) is 38.1 Å². The predicted molar refractivity (Wildman–Crippen MR) is 68.9 cm³/mol. The molecule has 16 heavy (non-hydrogen) atoms. The molecule has 1 aromatic carbocycles. The van der Waals surface area contributed by atoms with E-state index in [0.717, 1.165) is 6.54 Å². The molecule has 1 aromatic rings. The molecule has 0 bridgehead atoms. The van der Waals surface area contributed by atoms with E-state index in [2.05, 4.69) is 35.3 Å². The number of aliphatic hydroxyl groups excluding tert-OH is 1. The molecule has 3 nitrogen and oxygen atoms in total. The van der Waals surface area contributed by atoms with Crippen LogP contribution >= 0.6 is 0 Å². The Labute approximate surface area is 98.1 Å². The summed E-state index contributed by atoms with van der Waals surface area (Å²) in [5, 5.41) is 12.5. The molecule has 1 atom stereocenters. The number of hydrogen-bond acceptors (Lipinski definition) is 3. The Morgan fingerprint density at radius 3 is 2.62 bits per heavy atom. The lowest BCUT2D eigenvalue weighted by Crippen LogP contribution is -2.27. The van der Waals surface area contributed by atoms with E-state index in [1.165, 1.54) is 16.8 Å². The number of nitrogens with one attached hydrogen (secondary N) is 1. The lowest BCUT2D eigenvalue weighted by molar-refractivity contribution is 0.201. The molecule has 3 heteroatoms. The van der Waals surface area contributed by atoms with E-state index in [-0.39, 0.29) is 6.10 Å². The summed E-state index contributed by atoms with van der Waals surface area (Å²) in [6.07, 6.45) is -0.304. The van der Waals surface area contributed by atoms with Crippen LogP contribution < -0.4 is 10.2 Å². The fourth-order valence-electron chi connectivity index (χ4n) is 1.95. The number of rotatable bonds is 5. The Kier molecular flexibility index (Phi) is 4.77. The molecule has 0 saturated heterocycles. The molecule has 0 aliphatic heterocycles. The Balaban J connectivity index is 2.81. The topological polar surface area (TPSA) is 35.5 Å². The fraction of sp³-hybridized carbons (Fsp3) is 0.538. The average Bonchev–Trinajstić information content (AvgIpc) is 2.16. The Morgan fingerprint density at radius 1 is 1.44 bits per heavy atom. The molecular formula is C13H22N2O. The first kappa shape index (κ1) is 13.0. The fourth-order valence-corrected chi connectivity index (χ4v) is 1.95. The SMILES string of the molecule is CNCc1ccc(N(C)CC(C)O)c(C)c1. The van der Waals surface area contributed by atoms with E-state index in [4.69, 9.17) is 0 Å². The van der Waals surface area contributed by atoms with Gasteiger partial charge >= 0.3 is 0 Å². The van der Waals surface area contributed by atoms with Crippen LogP contribution in [0.15, 0.2) is 18.2 Å². The highest BCUT2D eigenvalue weighted by Crippen LogP contribution is 2.20. The minimum Gasteiger partial charge on any atom is -0.392 e. The van der Waals surface area contributed by atoms with Crippen molar-refractivity contribution in [3.8, 4) is 0 Å². The van der Waals surface area contributed by atoms with Crippen LogP contribution in [-0.2, 0) is 6.54 Å². The molecule has 0 saturated carbocycles. The molecular weight excluding hydrogens is 200 g/mol. The van der Waals surface area contributed by atoms with E-state index in [0.29, 0.717) is 6.54 Å². The third kappa shape index (κ3) is 3.51. The van der Waals surface area contributed by atoms with Crippen molar-refractivity contribution in [3.05, 3.63) is 29.3 Å². The zero-order valence-corrected chi connectivity index (χ0v) is 10.6. The van der Waals surface area contributed by atoms with Crippen molar-refractivity contribution in [2.24, 2.45) is 0 Å². The molecule has 90 valence electrons. The standard InChI is InChI=1S/C13H22N2O/c1-10-7-12(8-14-3)5-6-13(10)15(4)9-11(2)16/h5-7,11,14,16H,8-9H2,1-4H3. The molecule has 0 amide bonds.